The minimum absolute atomic E-state index is 0.0438. The molecule has 0 atom stereocenters. The van der Waals surface area contributed by atoms with Gasteiger partial charge < -0.3 is 14.4 Å². The van der Waals surface area contributed by atoms with Gasteiger partial charge in [-0.05, 0) is 30.7 Å². The Labute approximate surface area is 137 Å². The third-order valence-corrected chi connectivity index (χ3v) is 3.64. The number of hydrogen-bond donors (Lipinski definition) is 0. The Morgan fingerprint density at radius 2 is 1.91 bits per heavy atom. The van der Waals surface area contributed by atoms with E-state index in [1.807, 2.05) is 55.5 Å². The van der Waals surface area contributed by atoms with Crippen LogP contribution in [0.15, 0.2) is 48.5 Å². The summed E-state index contributed by atoms with van der Waals surface area (Å²) in [5.74, 6) is 1.61. The molecule has 0 N–H and O–H groups in total. The first-order valence-corrected chi connectivity index (χ1v) is 7.65. The second-order valence-corrected chi connectivity index (χ2v) is 5.47. The molecule has 0 radical (unpaired) electrons. The fraction of sp³-hybridized carbons (Fsp3) is 0.316. The molecule has 0 saturated carbocycles. The van der Waals surface area contributed by atoms with E-state index in [-0.39, 0.29) is 5.91 Å². The predicted molar refractivity (Wildman–Crippen MR) is 91.0 cm³/mol. The normalized spacial score (nSPS) is 10.2. The monoisotopic (exact) mass is 313 g/mol. The number of nitrogens with zero attached hydrogens (tertiary/aromatic N) is 1. The Kier molecular flexibility index (Phi) is 6.03. The van der Waals surface area contributed by atoms with Crippen molar-refractivity contribution in [1.82, 2.24) is 4.90 Å². The van der Waals surface area contributed by atoms with E-state index in [0.29, 0.717) is 19.6 Å². The van der Waals surface area contributed by atoms with E-state index in [1.165, 1.54) is 0 Å². The van der Waals surface area contributed by atoms with E-state index >= 15 is 0 Å². The number of benzene rings is 2. The highest BCUT2D eigenvalue weighted by molar-refractivity contribution is 5.79. The molecule has 0 unspecified atom stereocenters. The van der Waals surface area contributed by atoms with Crippen LogP contribution in [0, 0.1) is 6.92 Å². The van der Waals surface area contributed by atoms with E-state index in [1.54, 1.807) is 19.1 Å². The molecule has 1 amide bonds. The predicted octanol–water partition coefficient (Wildman–Crippen LogP) is 3.08. The fourth-order valence-electron chi connectivity index (χ4n) is 2.28. The number of carbonyl (C=O) groups excluding carboxylic acids is 1. The number of amides is 1. The molecule has 122 valence electrons. The quantitative estimate of drug-likeness (QED) is 0.788. The molecule has 0 aromatic heterocycles. The van der Waals surface area contributed by atoms with Gasteiger partial charge in [0.15, 0.2) is 0 Å². The van der Waals surface area contributed by atoms with Gasteiger partial charge in [-0.3, -0.25) is 4.79 Å². The Balaban J connectivity index is 1.83. The van der Waals surface area contributed by atoms with Gasteiger partial charge in [0.1, 0.15) is 18.1 Å². The summed E-state index contributed by atoms with van der Waals surface area (Å²) in [6, 6.07) is 15.5. The molecule has 0 saturated heterocycles. The summed E-state index contributed by atoms with van der Waals surface area (Å²) in [4.78, 5) is 14.0. The number of likely N-dealkylation sites (N-methyl/N-ethyl adjacent to an activating group) is 1. The van der Waals surface area contributed by atoms with Crippen LogP contribution in [0.3, 0.4) is 0 Å². The number of rotatable bonds is 7. The van der Waals surface area contributed by atoms with Crippen molar-refractivity contribution in [3.63, 3.8) is 0 Å². The molecule has 0 spiro atoms. The molecule has 2 aromatic carbocycles. The first-order chi connectivity index (χ1) is 11.1. The van der Waals surface area contributed by atoms with Crippen molar-refractivity contribution in [2.45, 2.75) is 13.3 Å². The summed E-state index contributed by atoms with van der Waals surface area (Å²) in [5, 5.41) is 0. The van der Waals surface area contributed by atoms with Crippen molar-refractivity contribution < 1.29 is 14.3 Å². The van der Waals surface area contributed by atoms with Crippen LogP contribution in [0.4, 0.5) is 0 Å². The molecule has 0 heterocycles. The number of carbonyl (C=O) groups is 1. The average Bonchev–Trinajstić information content (AvgIpc) is 2.55. The Hall–Kier alpha value is -2.49. The standard InChI is InChI=1S/C19H23NO3/c1-15-7-6-9-17(13-15)23-12-11-20(2)19(21)14-16-8-4-5-10-18(16)22-3/h4-10,13H,11-12,14H2,1-3H3. The lowest BCUT2D eigenvalue weighted by molar-refractivity contribution is -0.129. The largest absolute Gasteiger partial charge is 0.496 e. The molecule has 0 bridgehead atoms. The van der Waals surface area contributed by atoms with E-state index < -0.39 is 0 Å². The maximum atomic E-state index is 12.3. The van der Waals surface area contributed by atoms with Crippen LogP contribution >= 0.6 is 0 Å². The second kappa shape index (κ2) is 8.22. The van der Waals surface area contributed by atoms with Crippen molar-refractivity contribution >= 4 is 5.91 Å². The molecule has 0 aliphatic rings. The second-order valence-electron chi connectivity index (χ2n) is 5.47. The maximum absolute atomic E-state index is 12.3. The lowest BCUT2D eigenvalue weighted by Gasteiger charge is -2.18. The number of hydrogen-bond acceptors (Lipinski definition) is 3. The zero-order valence-electron chi connectivity index (χ0n) is 13.9. The molecule has 4 heteroatoms. The summed E-state index contributed by atoms with van der Waals surface area (Å²) >= 11 is 0. The van der Waals surface area contributed by atoms with Crippen molar-refractivity contribution in [2.75, 3.05) is 27.3 Å². The zero-order chi connectivity index (χ0) is 16.7. The zero-order valence-corrected chi connectivity index (χ0v) is 13.9. The number of ether oxygens (including phenoxy) is 2. The topological polar surface area (TPSA) is 38.8 Å². The summed E-state index contributed by atoms with van der Waals surface area (Å²) in [5.41, 5.74) is 2.05. The summed E-state index contributed by atoms with van der Waals surface area (Å²) in [7, 11) is 3.40. The third kappa shape index (κ3) is 5.02. The first kappa shape index (κ1) is 16.9. The van der Waals surface area contributed by atoms with E-state index in [9.17, 15) is 4.79 Å². The van der Waals surface area contributed by atoms with Gasteiger partial charge in [-0.2, -0.15) is 0 Å². The summed E-state index contributed by atoms with van der Waals surface area (Å²) in [6.45, 7) is 3.04. The molecule has 0 aliphatic carbocycles. The van der Waals surface area contributed by atoms with Crippen molar-refractivity contribution in [3.8, 4) is 11.5 Å². The Morgan fingerprint density at radius 3 is 2.65 bits per heavy atom. The molecular formula is C19H23NO3. The molecule has 23 heavy (non-hydrogen) atoms. The van der Waals surface area contributed by atoms with Crippen LogP contribution < -0.4 is 9.47 Å². The highest BCUT2D eigenvalue weighted by Gasteiger charge is 2.12. The average molecular weight is 313 g/mol. The van der Waals surface area contributed by atoms with E-state index in [4.69, 9.17) is 9.47 Å². The van der Waals surface area contributed by atoms with Gasteiger partial charge in [0.2, 0.25) is 5.91 Å². The number of methoxy groups -OCH3 is 1. The summed E-state index contributed by atoms with van der Waals surface area (Å²) < 4.78 is 11.0. The highest BCUT2D eigenvalue weighted by Crippen LogP contribution is 2.18. The lowest BCUT2D eigenvalue weighted by Crippen LogP contribution is -2.32. The van der Waals surface area contributed by atoms with Crippen molar-refractivity contribution in [3.05, 3.63) is 59.7 Å². The van der Waals surface area contributed by atoms with Gasteiger partial charge >= 0.3 is 0 Å². The van der Waals surface area contributed by atoms with Crippen LogP contribution in [-0.2, 0) is 11.2 Å². The highest BCUT2D eigenvalue weighted by atomic mass is 16.5. The fourth-order valence-corrected chi connectivity index (χ4v) is 2.28. The van der Waals surface area contributed by atoms with E-state index in [0.717, 1.165) is 22.6 Å². The van der Waals surface area contributed by atoms with Crippen molar-refractivity contribution in [1.29, 1.82) is 0 Å². The van der Waals surface area contributed by atoms with Crippen LogP contribution in [0.5, 0.6) is 11.5 Å². The van der Waals surface area contributed by atoms with Gasteiger partial charge in [-0.25, -0.2) is 0 Å². The minimum atomic E-state index is 0.0438. The van der Waals surface area contributed by atoms with Crippen LogP contribution in [-0.4, -0.2) is 38.1 Å². The van der Waals surface area contributed by atoms with Crippen LogP contribution in [0.25, 0.3) is 0 Å². The summed E-state index contributed by atoms with van der Waals surface area (Å²) in [6.07, 6.45) is 0.324. The molecular weight excluding hydrogens is 290 g/mol. The van der Waals surface area contributed by atoms with Gasteiger partial charge in [-0.1, -0.05) is 30.3 Å². The van der Waals surface area contributed by atoms with Gasteiger partial charge in [0, 0.05) is 12.6 Å². The van der Waals surface area contributed by atoms with Crippen LogP contribution in [0.1, 0.15) is 11.1 Å². The molecule has 0 aliphatic heterocycles. The molecule has 2 aromatic rings. The SMILES string of the molecule is COc1ccccc1CC(=O)N(C)CCOc1cccc(C)c1. The molecule has 4 nitrogen and oxygen atoms in total. The van der Waals surface area contributed by atoms with Gasteiger partial charge in [0.05, 0.1) is 20.1 Å². The Bertz CT molecular complexity index is 655. The molecule has 2 rings (SSSR count). The van der Waals surface area contributed by atoms with Gasteiger partial charge in [0.25, 0.3) is 0 Å². The van der Waals surface area contributed by atoms with Crippen LogP contribution in [0.2, 0.25) is 0 Å². The lowest BCUT2D eigenvalue weighted by atomic mass is 10.1. The minimum Gasteiger partial charge on any atom is -0.496 e. The molecule has 0 fully saturated rings. The Morgan fingerprint density at radius 1 is 1.13 bits per heavy atom. The van der Waals surface area contributed by atoms with E-state index in [2.05, 4.69) is 0 Å². The van der Waals surface area contributed by atoms with Crippen molar-refractivity contribution in [2.24, 2.45) is 0 Å². The third-order valence-electron chi connectivity index (χ3n) is 3.64. The smallest absolute Gasteiger partial charge is 0.226 e. The first-order valence-electron chi connectivity index (χ1n) is 7.65. The number of aryl methyl sites for hydroxylation is 1. The number of para-hydroxylation sites is 1. The maximum Gasteiger partial charge on any atom is 0.226 e. The van der Waals surface area contributed by atoms with Gasteiger partial charge in [-0.15, -0.1) is 0 Å².